The van der Waals surface area contributed by atoms with Crippen molar-refractivity contribution in [3.8, 4) is 5.75 Å². The molecule has 1 aliphatic rings. The molecule has 0 bridgehead atoms. The van der Waals surface area contributed by atoms with E-state index in [-0.39, 0.29) is 17.9 Å². The molecular formula is C14H16FNO6S. The molecule has 1 aliphatic carbocycles. The fourth-order valence-electron chi connectivity index (χ4n) is 1.91. The number of rotatable bonds is 6. The van der Waals surface area contributed by atoms with Crippen molar-refractivity contribution in [1.82, 2.24) is 4.72 Å². The highest BCUT2D eigenvalue weighted by Gasteiger charge is 2.51. The summed E-state index contributed by atoms with van der Waals surface area (Å²) in [6.07, 6.45) is 0.862. The van der Waals surface area contributed by atoms with E-state index in [1.165, 1.54) is 6.92 Å². The first-order chi connectivity index (χ1) is 10.6. The van der Waals surface area contributed by atoms with Crippen LogP contribution in [-0.2, 0) is 10.0 Å². The maximum atomic E-state index is 13.8. The summed E-state index contributed by atoms with van der Waals surface area (Å²) < 4.78 is 43.9. The zero-order valence-corrected chi connectivity index (χ0v) is 13.4. The Morgan fingerprint density at radius 1 is 1.35 bits per heavy atom. The van der Waals surface area contributed by atoms with Gasteiger partial charge in [-0.2, -0.15) is 0 Å². The highest BCUT2D eigenvalue weighted by Crippen LogP contribution is 2.42. The van der Waals surface area contributed by atoms with Gasteiger partial charge < -0.3 is 9.84 Å². The summed E-state index contributed by atoms with van der Waals surface area (Å²) in [4.78, 5) is 23.1. The molecule has 0 unspecified atom stereocenters. The highest BCUT2D eigenvalue weighted by molar-refractivity contribution is 7.91. The quantitative estimate of drug-likeness (QED) is 0.809. The predicted molar refractivity (Wildman–Crippen MR) is 78.6 cm³/mol. The monoisotopic (exact) mass is 345 g/mol. The fraction of sp³-hybridized carbons (Fsp3) is 0.429. The van der Waals surface area contributed by atoms with E-state index in [0.717, 1.165) is 6.07 Å². The maximum absolute atomic E-state index is 13.8. The first kappa shape index (κ1) is 17.2. The zero-order chi connectivity index (χ0) is 17.4. The molecule has 0 spiro atoms. The Kier molecular flexibility index (Phi) is 4.34. The van der Waals surface area contributed by atoms with Crippen molar-refractivity contribution in [3.05, 3.63) is 29.1 Å². The minimum atomic E-state index is -3.90. The smallest absolute Gasteiger partial charge is 0.338 e. The third kappa shape index (κ3) is 3.29. The lowest BCUT2D eigenvalue weighted by Gasteiger charge is -2.15. The molecule has 1 saturated carbocycles. The average Bonchev–Trinajstić information content (AvgIpc) is 3.19. The standard InChI is InChI=1S/C14H16FNO6S/c1-3-22-11-7-8(13(18)19)10(15)6-9(11)12(17)16-23(20,21)14(2)4-5-14/h6-7H,3-5H2,1-2H3,(H,16,17)(H,18,19). The number of nitrogens with one attached hydrogen (secondary N) is 1. The van der Waals surface area contributed by atoms with Gasteiger partial charge in [0.2, 0.25) is 10.0 Å². The summed E-state index contributed by atoms with van der Waals surface area (Å²) in [6, 6.07) is 1.52. The van der Waals surface area contributed by atoms with Gasteiger partial charge in [-0.05, 0) is 38.8 Å². The van der Waals surface area contributed by atoms with Gasteiger partial charge in [-0.15, -0.1) is 0 Å². The van der Waals surface area contributed by atoms with Crippen LogP contribution < -0.4 is 9.46 Å². The van der Waals surface area contributed by atoms with Gasteiger partial charge in [0.1, 0.15) is 11.6 Å². The number of carboxylic acids is 1. The highest BCUT2D eigenvalue weighted by atomic mass is 32.2. The van der Waals surface area contributed by atoms with E-state index in [2.05, 4.69) is 0 Å². The van der Waals surface area contributed by atoms with Crippen molar-refractivity contribution in [2.75, 3.05) is 6.61 Å². The van der Waals surface area contributed by atoms with Gasteiger partial charge in [0.15, 0.2) is 0 Å². The summed E-state index contributed by atoms with van der Waals surface area (Å²) in [7, 11) is -3.90. The Bertz CT molecular complexity index is 770. The Hall–Kier alpha value is -2.16. The molecule has 7 nitrogen and oxygen atoms in total. The molecular weight excluding hydrogens is 329 g/mol. The van der Waals surface area contributed by atoms with Gasteiger partial charge in [-0.25, -0.2) is 22.3 Å². The molecule has 0 aliphatic heterocycles. The van der Waals surface area contributed by atoms with Gasteiger partial charge in [-0.1, -0.05) is 0 Å². The fourth-order valence-corrected chi connectivity index (χ4v) is 3.15. The summed E-state index contributed by atoms with van der Waals surface area (Å²) in [6.45, 7) is 3.18. The molecule has 2 N–H and O–H groups in total. The number of sulfonamides is 1. The van der Waals surface area contributed by atoms with E-state index >= 15 is 0 Å². The Balaban J connectivity index is 2.39. The molecule has 0 heterocycles. The Morgan fingerprint density at radius 3 is 2.43 bits per heavy atom. The van der Waals surface area contributed by atoms with Crippen LogP contribution in [0.5, 0.6) is 5.75 Å². The minimum Gasteiger partial charge on any atom is -0.493 e. The van der Waals surface area contributed by atoms with Crippen molar-refractivity contribution >= 4 is 21.9 Å². The first-order valence-electron chi connectivity index (χ1n) is 6.87. The molecule has 0 radical (unpaired) electrons. The number of carboxylic acid groups (broad SMARTS) is 1. The lowest BCUT2D eigenvalue weighted by Crippen LogP contribution is -2.38. The molecule has 126 valence electrons. The van der Waals surface area contributed by atoms with Crippen molar-refractivity contribution in [1.29, 1.82) is 0 Å². The lowest BCUT2D eigenvalue weighted by atomic mass is 10.1. The van der Waals surface area contributed by atoms with Gasteiger partial charge in [-0.3, -0.25) is 4.79 Å². The second-order valence-electron chi connectivity index (χ2n) is 5.45. The van der Waals surface area contributed by atoms with Crippen LogP contribution in [0.1, 0.15) is 47.4 Å². The Morgan fingerprint density at radius 2 is 1.96 bits per heavy atom. The molecule has 2 rings (SSSR count). The topological polar surface area (TPSA) is 110 Å². The van der Waals surface area contributed by atoms with E-state index < -0.39 is 38.0 Å². The summed E-state index contributed by atoms with van der Waals surface area (Å²) in [5.41, 5.74) is -1.04. The number of hydrogen-bond donors (Lipinski definition) is 2. The number of halogens is 1. The van der Waals surface area contributed by atoms with Gasteiger partial charge in [0.25, 0.3) is 5.91 Å². The normalized spacial score (nSPS) is 15.8. The van der Waals surface area contributed by atoms with Gasteiger partial charge >= 0.3 is 5.97 Å². The molecule has 23 heavy (non-hydrogen) atoms. The van der Waals surface area contributed by atoms with E-state index in [1.807, 2.05) is 4.72 Å². The van der Waals surface area contributed by atoms with Crippen LogP contribution in [0.4, 0.5) is 4.39 Å². The van der Waals surface area contributed by atoms with Crippen LogP contribution in [0, 0.1) is 5.82 Å². The third-order valence-electron chi connectivity index (χ3n) is 3.67. The summed E-state index contributed by atoms with van der Waals surface area (Å²) in [5.74, 6) is -3.92. The summed E-state index contributed by atoms with van der Waals surface area (Å²) >= 11 is 0. The van der Waals surface area contributed by atoms with Crippen LogP contribution in [0.3, 0.4) is 0 Å². The largest absolute Gasteiger partial charge is 0.493 e. The molecule has 9 heteroatoms. The lowest BCUT2D eigenvalue weighted by molar-refractivity contribution is 0.0690. The van der Waals surface area contributed by atoms with Crippen LogP contribution in [-0.4, -0.2) is 36.8 Å². The van der Waals surface area contributed by atoms with Crippen molar-refractivity contribution in [3.63, 3.8) is 0 Å². The number of ether oxygens (including phenoxy) is 1. The summed E-state index contributed by atoms with van der Waals surface area (Å²) in [5, 5.41) is 8.90. The molecule has 1 aromatic rings. The van der Waals surface area contributed by atoms with Crippen LogP contribution in [0.2, 0.25) is 0 Å². The Labute approximate surface area is 132 Å². The number of benzene rings is 1. The second-order valence-corrected chi connectivity index (χ2v) is 7.65. The second kappa shape index (κ2) is 5.80. The van der Waals surface area contributed by atoms with Crippen molar-refractivity contribution < 1.29 is 32.2 Å². The van der Waals surface area contributed by atoms with Crippen LogP contribution in [0.25, 0.3) is 0 Å². The van der Waals surface area contributed by atoms with E-state index in [0.29, 0.717) is 18.9 Å². The van der Waals surface area contributed by atoms with Crippen molar-refractivity contribution in [2.45, 2.75) is 31.4 Å². The SMILES string of the molecule is CCOc1cc(C(=O)O)c(F)cc1C(=O)NS(=O)(=O)C1(C)CC1. The van der Waals surface area contributed by atoms with E-state index in [1.54, 1.807) is 6.92 Å². The van der Waals surface area contributed by atoms with Gasteiger partial charge in [0, 0.05) is 0 Å². The maximum Gasteiger partial charge on any atom is 0.338 e. The zero-order valence-electron chi connectivity index (χ0n) is 12.6. The van der Waals surface area contributed by atoms with E-state index in [4.69, 9.17) is 9.84 Å². The number of amides is 1. The van der Waals surface area contributed by atoms with Crippen LogP contribution in [0.15, 0.2) is 12.1 Å². The van der Waals surface area contributed by atoms with Crippen LogP contribution >= 0.6 is 0 Å². The molecule has 1 fully saturated rings. The first-order valence-corrected chi connectivity index (χ1v) is 8.36. The molecule has 1 aromatic carbocycles. The van der Waals surface area contributed by atoms with E-state index in [9.17, 15) is 22.4 Å². The molecule has 0 saturated heterocycles. The number of carbonyl (C=O) groups is 2. The molecule has 1 amide bonds. The van der Waals surface area contributed by atoms with Gasteiger partial charge in [0.05, 0.1) is 22.5 Å². The average molecular weight is 345 g/mol. The number of aromatic carboxylic acids is 1. The third-order valence-corrected chi connectivity index (χ3v) is 5.83. The number of hydrogen-bond acceptors (Lipinski definition) is 5. The molecule has 0 aromatic heterocycles. The minimum absolute atomic E-state index is 0.0927. The predicted octanol–water partition coefficient (Wildman–Crippen LogP) is 1.53. The van der Waals surface area contributed by atoms with Crippen molar-refractivity contribution in [2.24, 2.45) is 0 Å². The molecule has 0 atom stereocenters. The number of carbonyl (C=O) groups excluding carboxylic acids is 1.